The number of carbonyl (C=O) groups excluding carboxylic acids is 2. The molecule has 10 heteroatoms. The monoisotopic (exact) mass is 546 g/mol. The normalized spacial score (nSPS) is 9.50. The fourth-order valence-electron chi connectivity index (χ4n) is 0.498. The van der Waals surface area contributed by atoms with Crippen molar-refractivity contribution in [3.05, 3.63) is 0 Å². The van der Waals surface area contributed by atoms with E-state index in [-0.39, 0.29) is 23.7 Å². The lowest BCUT2D eigenvalue weighted by molar-refractivity contribution is -0.119. The first-order valence-corrected chi connectivity index (χ1v) is 15.2. The summed E-state index contributed by atoms with van der Waals surface area (Å²) in [6.45, 7) is 28.2. The van der Waals surface area contributed by atoms with Gasteiger partial charge in [-0.25, -0.2) is 8.42 Å². The Morgan fingerprint density at radius 1 is 0.889 bits per heavy atom. The number of carbonyl (C=O) groups is 2. The van der Waals surface area contributed by atoms with Gasteiger partial charge >= 0.3 is 0 Å². The van der Waals surface area contributed by atoms with Crippen molar-refractivity contribution in [2.24, 2.45) is 16.5 Å². The minimum atomic E-state index is -2.66. The summed E-state index contributed by atoms with van der Waals surface area (Å²) in [5.41, 5.74) is 9.81. The quantitative estimate of drug-likeness (QED) is 0.277. The Morgan fingerprint density at radius 3 is 1.14 bits per heavy atom. The molecule has 0 aliphatic carbocycles. The second-order valence-electron chi connectivity index (χ2n) is 6.91. The Labute approximate surface area is 226 Å². The Morgan fingerprint density at radius 2 is 1.14 bits per heavy atom. The van der Waals surface area contributed by atoms with Crippen LogP contribution in [0.1, 0.15) is 123 Å². The van der Waals surface area contributed by atoms with Gasteiger partial charge in [-0.15, -0.1) is 0 Å². The number of rotatable bonds is 5. The van der Waals surface area contributed by atoms with Gasteiger partial charge in [0.15, 0.2) is 0 Å². The third-order valence-corrected chi connectivity index (χ3v) is 3.35. The molecule has 2 amide bonds. The Balaban J connectivity index is -0.0000000424. The molecule has 36 heavy (non-hydrogen) atoms. The molecule has 0 saturated carbocycles. The third-order valence-electron chi connectivity index (χ3n) is 2.30. The summed E-state index contributed by atoms with van der Waals surface area (Å²) in [5, 5.41) is 10.9. The average Bonchev–Trinajstić information content (AvgIpc) is 2.77. The second-order valence-corrected chi connectivity index (χ2v) is 9.34. The largest absolute Gasteiger partial charge is 0.393 e. The predicted octanol–water partition coefficient (Wildman–Crippen LogP) is 5.09. The van der Waals surface area contributed by atoms with E-state index in [4.69, 9.17) is 10.8 Å². The minimum absolute atomic E-state index is 0.0394. The number of hydrogen-bond donors (Lipinski definition) is 4. The van der Waals surface area contributed by atoms with Crippen LogP contribution in [0.5, 0.6) is 0 Å². The molecule has 9 nitrogen and oxygen atoms in total. The maximum atomic E-state index is 10.0. The fourth-order valence-corrected chi connectivity index (χ4v) is 0.498. The van der Waals surface area contributed by atoms with E-state index in [1.807, 2.05) is 34.6 Å². The molecule has 6 N–H and O–H groups in total. The molecule has 0 fully saturated rings. The van der Waals surface area contributed by atoms with Gasteiger partial charge in [0.2, 0.25) is 11.8 Å². The number of aliphatic imine (C=N–C) groups is 1. The van der Waals surface area contributed by atoms with E-state index in [0.29, 0.717) is 12.3 Å². The summed E-state index contributed by atoms with van der Waals surface area (Å²) in [5.74, 6) is 0.701. The first kappa shape index (κ1) is 55.0. The summed E-state index contributed by atoms with van der Waals surface area (Å²) in [6.07, 6.45) is 4.91. The van der Waals surface area contributed by atoms with Gasteiger partial charge in [0.05, 0.1) is 11.9 Å². The molecule has 1 atom stereocenters. The van der Waals surface area contributed by atoms with Gasteiger partial charge in [0.1, 0.15) is 9.84 Å². The van der Waals surface area contributed by atoms with E-state index in [1.165, 1.54) is 26.0 Å². The zero-order valence-electron chi connectivity index (χ0n) is 26.6. The zero-order chi connectivity index (χ0) is 31.2. The molecule has 1 unspecified atom stereocenters. The van der Waals surface area contributed by atoms with Crippen molar-refractivity contribution in [1.29, 1.82) is 0 Å². The van der Waals surface area contributed by atoms with Gasteiger partial charge < -0.3 is 21.9 Å². The van der Waals surface area contributed by atoms with Crippen LogP contribution in [0.25, 0.3) is 0 Å². The predicted molar refractivity (Wildman–Crippen MR) is 162 cm³/mol. The molecule has 0 rings (SSSR count). The van der Waals surface area contributed by atoms with Crippen LogP contribution in [0.3, 0.4) is 0 Å². The molecule has 0 aliphatic heterocycles. The van der Waals surface area contributed by atoms with Gasteiger partial charge in [-0.05, 0) is 34.1 Å². The number of primary amides is 1. The van der Waals surface area contributed by atoms with Gasteiger partial charge in [0, 0.05) is 38.4 Å². The summed E-state index contributed by atoms with van der Waals surface area (Å²) < 4.78 is 20.0. The lowest BCUT2D eigenvalue weighted by Crippen LogP contribution is -2.18. The molecule has 0 aromatic heterocycles. The number of nitrogens with one attached hydrogen (secondary N) is 1. The summed E-state index contributed by atoms with van der Waals surface area (Å²) in [6, 6.07) is 0. The van der Waals surface area contributed by atoms with Crippen molar-refractivity contribution < 1.29 is 23.1 Å². The van der Waals surface area contributed by atoms with Crippen LogP contribution in [-0.2, 0) is 19.4 Å². The van der Waals surface area contributed by atoms with Crippen molar-refractivity contribution in [2.45, 2.75) is 129 Å². The van der Waals surface area contributed by atoms with Crippen LogP contribution >= 0.6 is 0 Å². The number of aliphatic hydroxyl groups excluding tert-OH is 1. The third kappa shape index (κ3) is 247. The molecular weight excluding hydrogens is 480 g/mol. The number of sulfone groups is 1. The highest BCUT2D eigenvalue weighted by molar-refractivity contribution is 7.90. The van der Waals surface area contributed by atoms with Crippen molar-refractivity contribution in [3.8, 4) is 0 Å². The molecular formula is C26H66N4O5S. The van der Waals surface area contributed by atoms with E-state index in [2.05, 4.69) is 43.7 Å². The standard InChI is InChI=1S/C4H10N2.C4H9NO.C4H10O.C3H7NO.C3H8O2S.2C3H8.C2H6/c1-3-6-4(2)5;1-3-5-4(2)6;1-3-4(2)5;1-2-3(4)5;1-3-6(2,4)5;2*1-3-2;1-2/h3H2,1-2H3,(H2,5,6);3H2,1-2H3,(H,5,6);4-5H,3H2,1-2H3;2H2,1H3,(H2,4,5);3H2,1-2H3;2*3H2,1-2H3;1-2H3. The van der Waals surface area contributed by atoms with Crippen LogP contribution in [0.2, 0.25) is 0 Å². The summed E-state index contributed by atoms with van der Waals surface area (Å²) in [7, 11) is -2.66. The summed E-state index contributed by atoms with van der Waals surface area (Å²) in [4.78, 5) is 23.3. The Kier molecular flexibility index (Phi) is 82.9. The SMILES string of the molecule is CC.CCC.CCC.CCC(C)O.CCC(N)=O.CCN=C(C)N.CCNC(C)=O.CCS(C)(=O)=O. The average molecular weight is 547 g/mol. The van der Waals surface area contributed by atoms with E-state index in [9.17, 15) is 18.0 Å². The first-order chi connectivity index (χ1) is 16.5. The number of hydrogen-bond acceptors (Lipinski definition) is 6. The number of nitrogens with zero attached hydrogens (tertiary/aromatic N) is 1. The molecule has 0 radical (unpaired) electrons. The molecule has 0 aromatic rings. The number of amides is 2. The smallest absolute Gasteiger partial charge is 0.217 e. The van der Waals surface area contributed by atoms with E-state index >= 15 is 0 Å². The van der Waals surface area contributed by atoms with Crippen molar-refractivity contribution in [3.63, 3.8) is 0 Å². The van der Waals surface area contributed by atoms with Crippen molar-refractivity contribution in [2.75, 3.05) is 25.1 Å². The topological polar surface area (TPSA) is 165 Å². The molecule has 0 bridgehead atoms. The lowest BCUT2D eigenvalue weighted by Gasteiger charge is -1.90. The van der Waals surface area contributed by atoms with Crippen LogP contribution in [-0.4, -0.2) is 62.4 Å². The first-order valence-electron chi connectivity index (χ1n) is 13.1. The minimum Gasteiger partial charge on any atom is -0.393 e. The molecule has 0 spiro atoms. The molecule has 0 heterocycles. The molecule has 226 valence electrons. The lowest BCUT2D eigenvalue weighted by atomic mass is 10.3. The summed E-state index contributed by atoms with van der Waals surface area (Å²) >= 11 is 0. The highest BCUT2D eigenvalue weighted by Crippen LogP contribution is 1.81. The number of amidine groups is 1. The van der Waals surface area contributed by atoms with E-state index in [1.54, 1.807) is 27.7 Å². The molecule has 0 aliphatic rings. The van der Waals surface area contributed by atoms with Crippen LogP contribution in [0, 0.1) is 0 Å². The molecule has 0 aromatic carbocycles. The van der Waals surface area contributed by atoms with Gasteiger partial charge in [0.25, 0.3) is 0 Å². The fraction of sp³-hybridized carbons (Fsp3) is 0.885. The van der Waals surface area contributed by atoms with E-state index < -0.39 is 9.84 Å². The van der Waals surface area contributed by atoms with Gasteiger partial charge in [-0.1, -0.05) is 75.2 Å². The van der Waals surface area contributed by atoms with Crippen LogP contribution < -0.4 is 16.8 Å². The highest BCUT2D eigenvalue weighted by Gasteiger charge is 1.90. The highest BCUT2D eigenvalue weighted by atomic mass is 32.2. The maximum Gasteiger partial charge on any atom is 0.217 e. The number of aliphatic hydroxyl groups is 1. The second kappa shape index (κ2) is 54.3. The maximum absolute atomic E-state index is 10.0. The Hall–Kier alpha value is -1.68. The van der Waals surface area contributed by atoms with Crippen LogP contribution in [0.4, 0.5) is 0 Å². The van der Waals surface area contributed by atoms with Gasteiger partial charge in [-0.2, -0.15) is 0 Å². The van der Waals surface area contributed by atoms with Gasteiger partial charge in [-0.3, -0.25) is 14.6 Å². The van der Waals surface area contributed by atoms with E-state index in [0.717, 1.165) is 19.5 Å². The Bertz CT molecular complexity index is 504. The zero-order valence-corrected chi connectivity index (χ0v) is 27.4. The van der Waals surface area contributed by atoms with Crippen LogP contribution in [0.15, 0.2) is 4.99 Å². The van der Waals surface area contributed by atoms with Crippen molar-refractivity contribution >= 4 is 27.5 Å². The number of nitrogens with two attached hydrogens (primary N) is 2. The molecule has 0 saturated heterocycles. The van der Waals surface area contributed by atoms with Crippen molar-refractivity contribution in [1.82, 2.24) is 5.32 Å².